The van der Waals surface area contributed by atoms with E-state index in [4.69, 9.17) is 4.42 Å². The Bertz CT molecular complexity index is 495. The zero-order valence-electron chi connectivity index (χ0n) is 7.37. The standard InChI is InChI=1S/C9H7FN2O2/c1-5-2-6(4-7(10)3-5)8-11-12-9(13)14-8/h2-4H,1H3,(H,12,13). The van der Waals surface area contributed by atoms with Gasteiger partial charge in [-0.1, -0.05) is 0 Å². The van der Waals surface area contributed by atoms with E-state index in [1.165, 1.54) is 12.1 Å². The van der Waals surface area contributed by atoms with Gasteiger partial charge in [-0.2, -0.15) is 0 Å². The molecule has 0 radical (unpaired) electrons. The second-order valence-electron chi connectivity index (χ2n) is 2.94. The molecule has 0 unspecified atom stereocenters. The summed E-state index contributed by atoms with van der Waals surface area (Å²) in [6.45, 7) is 1.75. The van der Waals surface area contributed by atoms with Gasteiger partial charge < -0.3 is 4.42 Å². The fraction of sp³-hybridized carbons (Fsp3) is 0.111. The monoisotopic (exact) mass is 194 g/mol. The van der Waals surface area contributed by atoms with Crippen LogP contribution in [0.2, 0.25) is 0 Å². The number of aryl methyl sites for hydroxylation is 1. The molecule has 2 rings (SSSR count). The van der Waals surface area contributed by atoms with Gasteiger partial charge in [-0.05, 0) is 30.7 Å². The third-order valence-corrected chi connectivity index (χ3v) is 1.73. The van der Waals surface area contributed by atoms with E-state index in [0.29, 0.717) is 5.56 Å². The van der Waals surface area contributed by atoms with E-state index < -0.39 is 5.76 Å². The summed E-state index contributed by atoms with van der Waals surface area (Å²) in [4.78, 5) is 10.7. The van der Waals surface area contributed by atoms with Crippen molar-refractivity contribution in [2.24, 2.45) is 0 Å². The molecule has 0 aliphatic carbocycles. The topological polar surface area (TPSA) is 58.9 Å². The van der Waals surface area contributed by atoms with Crippen molar-refractivity contribution < 1.29 is 8.81 Å². The van der Waals surface area contributed by atoms with Crippen molar-refractivity contribution in [3.8, 4) is 11.5 Å². The van der Waals surface area contributed by atoms with E-state index in [2.05, 4.69) is 10.2 Å². The Kier molecular flexibility index (Phi) is 1.92. The normalized spacial score (nSPS) is 10.4. The Morgan fingerprint density at radius 2 is 2.21 bits per heavy atom. The summed E-state index contributed by atoms with van der Waals surface area (Å²) in [6, 6.07) is 4.32. The molecule has 5 heteroatoms. The van der Waals surface area contributed by atoms with Crippen molar-refractivity contribution in [2.45, 2.75) is 6.92 Å². The lowest BCUT2D eigenvalue weighted by Gasteiger charge is -1.97. The van der Waals surface area contributed by atoms with Crippen molar-refractivity contribution in [3.63, 3.8) is 0 Å². The van der Waals surface area contributed by atoms with Crippen LogP contribution in [0.15, 0.2) is 27.4 Å². The number of hydrogen-bond acceptors (Lipinski definition) is 3. The van der Waals surface area contributed by atoms with Gasteiger partial charge in [0.05, 0.1) is 0 Å². The average molecular weight is 194 g/mol. The number of nitrogens with one attached hydrogen (secondary N) is 1. The second kappa shape index (κ2) is 3.10. The zero-order valence-corrected chi connectivity index (χ0v) is 7.37. The molecule has 2 aromatic rings. The maximum absolute atomic E-state index is 13.0. The number of hydrogen-bond donors (Lipinski definition) is 1. The van der Waals surface area contributed by atoms with E-state index in [0.717, 1.165) is 5.56 Å². The largest absolute Gasteiger partial charge is 0.434 e. The smallest absolute Gasteiger partial charge is 0.388 e. The highest BCUT2D eigenvalue weighted by Gasteiger charge is 2.06. The highest BCUT2D eigenvalue weighted by molar-refractivity contribution is 5.53. The first-order valence-electron chi connectivity index (χ1n) is 3.98. The Labute approximate surface area is 78.4 Å². The minimum Gasteiger partial charge on any atom is -0.388 e. The Morgan fingerprint density at radius 3 is 2.79 bits per heavy atom. The number of aromatic amines is 1. The third-order valence-electron chi connectivity index (χ3n) is 1.73. The third kappa shape index (κ3) is 1.56. The Balaban J connectivity index is 2.56. The van der Waals surface area contributed by atoms with Gasteiger partial charge in [0.25, 0.3) is 0 Å². The summed E-state index contributed by atoms with van der Waals surface area (Å²) in [5.41, 5.74) is 1.19. The molecule has 0 bridgehead atoms. The van der Waals surface area contributed by atoms with Crippen LogP contribution in [-0.2, 0) is 0 Å². The van der Waals surface area contributed by atoms with Crippen molar-refractivity contribution >= 4 is 0 Å². The van der Waals surface area contributed by atoms with Gasteiger partial charge >= 0.3 is 5.76 Å². The van der Waals surface area contributed by atoms with E-state index in [-0.39, 0.29) is 11.7 Å². The molecule has 0 fully saturated rings. The van der Waals surface area contributed by atoms with Crippen molar-refractivity contribution in [1.29, 1.82) is 0 Å². The molecule has 0 saturated carbocycles. The van der Waals surface area contributed by atoms with Crippen molar-refractivity contribution in [3.05, 3.63) is 40.1 Å². The van der Waals surface area contributed by atoms with Crippen molar-refractivity contribution in [2.75, 3.05) is 0 Å². The van der Waals surface area contributed by atoms with Gasteiger partial charge in [0, 0.05) is 5.56 Å². The van der Waals surface area contributed by atoms with E-state index in [1.54, 1.807) is 13.0 Å². The molecule has 0 aliphatic rings. The summed E-state index contributed by atoms with van der Waals surface area (Å²) in [6.07, 6.45) is 0. The van der Waals surface area contributed by atoms with Gasteiger partial charge in [-0.15, -0.1) is 5.10 Å². The first-order valence-corrected chi connectivity index (χ1v) is 3.98. The van der Waals surface area contributed by atoms with E-state index in [9.17, 15) is 9.18 Å². The molecule has 0 spiro atoms. The Hall–Kier alpha value is -1.91. The number of aromatic nitrogens is 2. The van der Waals surface area contributed by atoms with Crippen LogP contribution < -0.4 is 5.76 Å². The van der Waals surface area contributed by atoms with Gasteiger partial charge in [0.15, 0.2) is 0 Å². The highest BCUT2D eigenvalue weighted by Crippen LogP contribution is 2.17. The lowest BCUT2D eigenvalue weighted by atomic mass is 10.1. The van der Waals surface area contributed by atoms with Crippen LogP contribution in [0.25, 0.3) is 11.5 Å². The lowest BCUT2D eigenvalue weighted by Crippen LogP contribution is -1.93. The predicted octanol–water partition coefficient (Wildman–Crippen LogP) is 1.48. The summed E-state index contributed by atoms with van der Waals surface area (Å²) >= 11 is 0. The summed E-state index contributed by atoms with van der Waals surface area (Å²) < 4.78 is 17.7. The van der Waals surface area contributed by atoms with Gasteiger partial charge in [0.2, 0.25) is 5.89 Å². The molecule has 0 saturated heterocycles. The number of H-pyrrole nitrogens is 1. The molecule has 0 atom stereocenters. The van der Waals surface area contributed by atoms with Crippen LogP contribution in [0.4, 0.5) is 4.39 Å². The van der Waals surface area contributed by atoms with Crippen molar-refractivity contribution in [1.82, 2.24) is 10.2 Å². The molecule has 0 amide bonds. The van der Waals surface area contributed by atoms with E-state index >= 15 is 0 Å². The Morgan fingerprint density at radius 1 is 1.43 bits per heavy atom. The maximum Gasteiger partial charge on any atom is 0.434 e. The number of benzene rings is 1. The molecule has 1 aromatic heterocycles. The molecule has 1 heterocycles. The molecular formula is C9H7FN2O2. The maximum atomic E-state index is 13.0. The summed E-state index contributed by atoms with van der Waals surface area (Å²) in [7, 11) is 0. The van der Waals surface area contributed by atoms with Gasteiger partial charge in [-0.3, -0.25) is 0 Å². The molecule has 72 valence electrons. The molecule has 1 N–H and O–H groups in total. The first-order chi connectivity index (χ1) is 6.65. The van der Waals surface area contributed by atoms with Crippen LogP contribution in [0.5, 0.6) is 0 Å². The molecule has 14 heavy (non-hydrogen) atoms. The molecular weight excluding hydrogens is 187 g/mol. The summed E-state index contributed by atoms with van der Waals surface area (Å²) in [5.74, 6) is -0.940. The predicted molar refractivity (Wildman–Crippen MR) is 47.3 cm³/mol. The molecule has 1 aromatic carbocycles. The van der Waals surface area contributed by atoms with Crippen LogP contribution in [0, 0.1) is 12.7 Å². The molecule has 0 aliphatic heterocycles. The quantitative estimate of drug-likeness (QED) is 0.747. The lowest BCUT2D eigenvalue weighted by molar-refractivity contribution is 0.526. The van der Waals surface area contributed by atoms with Crippen LogP contribution in [0.1, 0.15) is 5.56 Å². The minimum atomic E-state index is -0.651. The highest BCUT2D eigenvalue weighted by atomic mass is 19.1. The second-order valence-corrected chi connectivity index (χ2v) is 2.94. The van der Waals surface area contributed by atoms with Crippen LogP contribution >= 0.6 is 0 Å². The number of nitrogens with zero attached hydrogens (tertiary/aromatic N) is 1. The average Bonchev–Trinajstić information content (AvgIpc) is 2.50. The first kappa shape index (κ1) is 8.68. The zero-order chi connectivity index (χ0) is 10.1. The number of halogens is 1. The molecule has 4 nitrogen and oxygen atoms in total. The summed E-state index contributed by atoms with van der Waals surface area (Å²) in [5, 5.41) is 5.71. The van der Waals surface area contributed by atoms with E-state index in [1.807, 2.05) is 0 Å². The van der Waals surface area contributed by atoms with Gasteiger partial charge in [-0.25, -0.2) is 14.3 Å². The minimum absolute atomic E-state index is 0.0950. The number of rotatable bonds is 1. The van der Waals surface area contributed by atoms with Crippen LogP contribution in [-0.4, -0.2) is 10.2 Å². The fourth-order valence-electron chi connectivity index (χ4n) is 1.21. The SMILES string of the molecule is Cc1cc(F)cc(-c2n[nH]c(=O)o2)c1. The fourth-order valence-corrected chi connectivity index (χ4v) is 1.21. The van der Waals surface area contributed by atoms with Crippen LogP contribution in [0.3, 0.4) is 0 Å². The van der Waals surface area contributed by atoms with Gasteiger partial charge in [0.1, 0.15) is 5.82 Å².